The number of fused-ring (bicyclic) bond motifs is 1. The lowest BCUT2D eigenvalue weighted by atomic mass is 10.2. The van der Waals surface area contributed by atoms with E-state index in [4.69, 9.17) is 4.74 Å². The topological polar surface area (TPSA) is 89.4 Å². The minimum Gasteiger partial charge on any atom is -0.488 e. The molecule has 3 rings (SSSR count). The van der Waals surface area contributed by atoms with E-state index in [2.05, 4.69) is 10.0 Å². The van der Waals surface area contributed by atoms with Crippen molar-refractivity contribution in [3.63, 3.8) is 0 Å². The molecular formula is C16H17F2N3O4S. The first-order valence-electron chi connectivity index (χ1n) is 7.83. The van der Waals surface area contributed by atoms with Crippen molar-refractivity contribution in [2.75, 3.05) is 11.9 Å². The first kappa shape index (κ1) is 18.3. The molecule has 0 fully saturated rings. The molecule has 0 aliphatic carbocycles. The van der Waals surface area contributed by atoms with Gasteiger partial charge in [0.2, 0.25) is 10.0 Å². The van der Waals surface area contributed by atoms with Crippen LogP contribution in [0, 0.1) is 11.6 Å². The second-order valence-electron chi connectivity index (χ2n) is 5.90. The van der Waals surface area contributed by atoms with Crippen molar-refractivity contribution in [3.8, 4) is 5.75 Å². The molecule has 0 bridgehead atoms. The quantitative estimate of drug-likeness (QED) is 0.846. The van der Waals surface area contributed by atoms with E-state index in [1.807, 2.05) is 6.92 Å². The number of aromatic nitrogens is 1. The summed E-state index contributed by atoms with van der Waals surface area (Å²) in [5.41, 5.74) is -0.00301. The molecule has 1 aromatic carbocycles. The number of anilines is 1. The van der Waals surface area contributed by atoms with Gasteiger partial charge in [-0.15, -0.1) is 0 Å². The Balaban J connectivity index is 1.98. The van der Waals surface area contributed by atoms with E-state index < -0.39 is 33.6 Å². The maximum Gasteiger partial charge on any atom is 0.276 e. The second kappa shape index (κ2) is 6.69. The zero-order valence-corrected chi connectivity index (χ0v) is 14.9. The third-order valence-corrected chi connectivity index (χ3v) is 5.54. The molecule has 0 spiro atoms. The Morgan fingerprint density at radius 3 is 2.77 bits per heavy atom. The molecule has 10 heteroatoms. The van der Waals surface area contributed by atoms with Crippen LogP contribution >= 0.6 is 0 Å². The highest BCUT2D eigenvalue weighted by molar-refractivity contribution is 7.89. The number of carbonyl (C=O) groups excluding carboxylic acids is 1. The zero-order chi connectivity index (χ0) is 19.1. The van der Waals surface area contributed by atoms with Crippen LogP contribution in [-0.4, -0.2) is 31.5 Å². The minimum atomic E-state index is -3.85. The first-order valence-corrected chi connectivity index (χ1v) is 9.32. The van der Waals surface area contributed by atoms with Crippen LogP contribution in [0.1, 0.15) is 23.8 Å². The number of halogens is 2. The van der Waals surface area contributed by atoms with E-state index in [1.165, 1.54) is 23.9 Å². The Morgan fingerprint density at radius 1 is 1.38 bits per heavy atom. The maximum atomic E-state index is 13.3. The van der Waals surface area contributed by atoms with Crippen LogP contribution in [0.3, 0.4) is 0 Å². The summed E-state index contributed by atoms with van der Waals surface area (Å²) in [4.78, 5) is 12.4. The Kier molecular flexibility index (Phi) is 4.72. The third kappa shape index (κ3) is 3.29. The number of nitrogens with one attached hydrogen (secondary N) is 2. The molecule has 0 radical (unpaired) electrons. The van der Waals surface area contributed by atoms with Gasteiger partial charge in [-0.2, -0.15) is 0 Å². The van der Waals surface area contributed by atoms with Crippen LogP contribution in [0.5, 0.6) is 5.75 Å². The SMILES string of the molecule is CC[C@@H]1COc2c(cn(C)c2C(=O)Nc2ccc(F)c(F)c2)S(=O)(=O)N1. The van der Waals surface area contributed by atoms with Gasteiger partial charge in [-0.3, -0.25) is 4.79 Å². The van der Waals surface area contributed by atoms with E-state index in [0.29, 0.717) is 6.42 Å². The maximum absolute atomic E-state index is 13.3. The van der Waals surface area contributed by atoms with Gasteiger partial charge >= 0.3 is 0 Å². The number of ether oxygens (including phenoxy) is 1. The molecule has 0 unspecified atom stereocenters. The number of amides is 1. The third-order valence-electron chi connectivity index (χ3n) is 4.03. The summed E-state index contributed by atoms with van der Waals surface area (Å²) in [6.07, 6.45) is 1.79. The summed E-state index contributed by atoms with van der Waals surface area (Å²) in [6.45, 7) is 1.88. The normalized spacial score (nSPS) is 18.5. The monoisotopic (exact) mass is 385 g/mol. The highest BCUT2D eigenvalue weighted by atomic mass is 32.2. The summed E-state index contributed by atoms with van der Waals surface area (Å²) in [7, 11) is -2.35. The summed E-state index contributed by atoms with van der Waals surface area (Å²) < 4.78 is 60.7. The van der Waals surface area contributed by atoms with E-state index in [1.54, 1.807) is 0 Å². The molecule has 1 aliphatic rings. The molecule has 7 nitrogen and oxygen atoms in total. The van der Waals surface area contributed by atoms with Crippen LogP contribution in [0.2, 0.25) is 0 Å². The smallest absolute Gasteiger partial charge is 0.276 e. The molecule has 1 aromatic heterocycles. The molecule has 1 aliphatic heterocycles. The summed E-state index contributed by atoms with van der Waals surface area (Å²) in [5, 5.41) is 2.41. The molecule has 2 heterocycles. The second-order valence-corrected chi connectivity index (χ2v) is 7.58. The van der Waals surface area contributed by atoms with Gasteiger partial charge < -0.3 is 14.6 Å². The standard InChI is InChI=1S/C16H17F2N3O4S/c1-3-9-8-25-15-13(26(23,24)20-9)7-21(2)14(15)16(22)19-10-4-5-11(17)12(18)6-10/h4-7,9,20H,3,8H2,1-2H3,(H,19,22)/t9-/m1/s1. The van der Waals surface area contributed by atoms with Crippen LogP contribution in [0.15, 0.2) is 29.3 Å². The van der Waals surface area contributed by atoms with E-state index in [-0.39, 0.29) is 28.6 Å². The number of hydrogen-bond donors (Lipinski definition) is 2. The highest BCUT2D eigenvalue weighted by Crippen LogP contribution is 2.33. The molecule has 26 heavy (non-hydrogen) atoms. The summed E-state index contributed by atoms with van der Waals surface area (Å²) >= 11 is 0. The molecule has 0 saturated heterocycles. The van der Waals surface area contributed by atoms with Gasteiger partial charge in [-0.25, -0.2) is 21.9 Å². The predicted molar refractivity (Wildman–Crippen MR) is 89.6 cm³/mol. The zero-order valence-electron chi connectivity index (χ0n) is 14.0. The van der Waals surface area contributed by atoms with E-state index in [9.17, 15) is 22.0 Å². The van der Waals surface area contributed by atoms with Crippen LogP contribution < -0.4 is 14.8 Å². The van der Waals surface area contributed by atoms with Crippen LogP contribution in [-0.2, 0) is 17.1 Å². The van der Waals surface area contributed by atoms with E-state index in [0.717, 1.165) is 12.1 Å². The lowest BCUT2D eigenvalue weighted by Crippen LogP contribution is -2.36. The fraction of sp³-hybridized carbons (Fsp3) is 0.312. The molecule has 2 aromatic rings. The van der Waals surface area contributed by atoms with Gasteiger partial charge in [0.05, 0.1) is 6.04 Å². The number of hydrogen-bond acceptors (Lipinski definition) is 4. The number of benzene rings is 1. The number of rotatable bonds is 3. The number of carbonyl (C=O) groups is 1. The summed E-state index contributed by atoms with van der Waals surface area (Å²) in [5.74, 6) is -2.93. The molecule has 140 valence electrons. The highest BCUT2D eigenvalue weighted by Gasteiger charge is 2.34. The van der Waals surface area contributed by atoms with Gasteiger partial charge in [0.1, 0.15) is 11.5 Å². The van der Waals surface area contributed by atoms with Gasteiger partial charge in [-0.05, 0) is 18.6 Å². The van der Waals surface area contributed by atoms with Gasteiger partial charge in [0.15, 0.2) is 23.1 Å². The molecular weight excluding hydrogens is 368 g/mol. The number of aryl methyl sites for hydroxylation is 1. The number of sulfonamides is 1. The average molecular weight is 385 g/mol. The van der Waals surface area contributed by atoms with Crippen molar-refractivity contribution in [3.05, 3.63) is 41.7 Å². The fourth-order valence-corrected chi connectivity index (χ4v) is 4.13. The number of nitrogens with zero attached hydrogens (tertiary/aromatic N) is 1. The molecule has 2 N–H and O–H groups in total. The van der Waals surface area contributed by atoms with Crippen LogP contribution in [0.25, 0.3) is 0 Å². The Bertz CT molecular complexity index is 972. The van der Waals surface area contributed by atoms with Crippen molar-refractivity contribution < 1.29 is 26.7 Å². The average Bonchev–Trinajstić information content (AvgIpc) is 2.86. The van der Waals surface area contributed by atoms with Crippen LogP contribution in [0.4, 0.5) is 14.5 Å². The Morgan fingerprint density at radius 2 is 2.12 bits per heavy atom. The Labute approximate surface area is 149 Å². The lowest BCUT2D eigenvalue weighted by molar-refractivity contribution is 0.101. The lowest BCUT2D eigenvalue weighted by Gasteiger charge is -2.13. The van der Waals surface area contributed by atoms with Crippen molar-refractivity contribution >= 4 is 21.6 Å². The molecule has 1 atom stereocenters. The van der Waals surface area contributed by atoms with Gasteiger partial charge in [0, 0.05) is 25.0 Å². The summed E-state index contributed by atoms with van der Waals surface area (Å²) in [6, 6.07) is 2.50. The predicted octanol–water partition coefficient (Wildman–Crippen LogP) is 2.00. The first-order chi connectivity index (χ1) is 12.2. The largest absolute Gasteiger partial charge is 0.488 e. The Hall–Kier alpha value is -2.46. The van der Waals surface area contributed by atoms with Crippen molar-refractivity contribution in [1.82, 2.24) is 9.29 Å². The van der Waals surface area contributed by atoms with Crippen molar-refractivity contribution in [2.45, 2.75) is 24.3 Å². The van der Waals surface area contributed by atoms with Crippen molar-refractivity contribution in [2.24, 2.45) is 7.05 Å². The van der Waals surface area contributed by atoms with Crippen molar-refractivity contribution in [1.29, 1.82) is 0 Å². The van der Waals surface area contributed by atoms with E-state index >= 15 is 0 Å². The molecule has 1 amide bonds. The minimum absolute atomic E-state index is 0.0323. The van der Waals surface area contributed by atoms with Gasteiger partial charge in [-0.1, -0.05) is 6.92 Å². The fourth-order valence-electron chi connectivity index (χ4n) is 2.64. The molecule has 0 saturated carbocycles. The van der Waals surface area contributed by atoms with Gasteiger partial charge in [0.25, 0.3) is 5.91 Å².